The molecule has 3 nitrogen and oxygen atoms in total. The molecule has 1 aromatic rings. The fourth-order valence-electron chi connectivity index (χ4n) is 1.35. The molecule has 6 heteroatoms. The molecule has 0 heterocycles. The van der Waals surface area contributed by atoms with Crippen LogP contribution in [0.25, 0.3) is 0 Å². The van der Waals surface area contributed by atoms with Gasteiger partial charge in [-0.05, 0) is 31.0 Å². The molecule has 0 radical (unpaired) electrons. The number of carboxylic acid groups (broad SMARTS) is 1. The van der Waals surface area contributed by atoms with Crippen LogP contribution in [0.3, 0.4) is 0 Å². The van der Waals surface area contributed by atoms with Crippen LogP contribution in [0.4, 0.5) is 13.2 Å². The van der Waals surface area contributed by atoms with Gasteiger partial charge in [0.25, 0.3) is 0 Å². The first-order valence-electron chi connectivity index (χ1n) is 4.99. The Morgan fingerprint density at radius 3 is 2.47 bits per heavy atom. The minimum Gasteiger partial charge on any atom is -0.490 e. The van der Waals surface area contributed by atoms with Gasteiger partial charge in [-0.1, -0.05) is 0 Å². The number of aromatic carboxylic acids is 1. The van der Waals surface area contributed by atoms with Crippen LogP contribution in [-0.2, 0) is 6.18 Å². The van der Waals surface area contributed by atoms with Crippen molar-refractivity contribution in [1.29, 1.82) is 0 Å². The zero-order valence-corrected chi connectivity index (χ0v) is 8.62. The van der Waals surface area contributed by atoms with E-state index in [2.05, 4.69) is 0 Å². The molecule has 1 fully saturated rings. The second-order valence-corrected chi connectivity index (χ2v) is 3.83. The van der Waals surface area contributed by atoms with Crippen LogP contribution in [0.1, 0.15) is 28.8 Å². The lowest BCUT2D eigenvalue weighted by atomic mass is 10.1. The van der Waals surface area contributed by atoms with E-state index >= 15 is 0 Å². The maximum absolute atomic E-state index is 12.6. The van der Waals surface area contributed by atoms with Crippen molar-refractivity contribution in [3.8, 4) is 5.75 Å². The highest BCUT2D eigenvalue weighted by atomic mass is 19.4. The lowest BCUT2D eigenvalue weighted by molar-refractivity contribution is -0.139. The highest BCUT2D eigenvalue weighted by Gasteiger charge is 2.36. The van der Waals surface area contributed by atoms with Crippen LogP contribution in [0, 0.1) is 0 Å². The summed E-state index contributed by atoms with van der Waals surface area (Å²) in [6, 6.07) is 2.58. The van der Waals surface area contributed by atoms with Gasteiger partial charge in [-0.2, -0.15) is 13.2 Å². The van der Waals surface area contributed by atoms with Gasteiger partial charge in [0.15, 0.2) is 0 Å². The summed E-state index contributed by atoms with van der Waals surface area (Å²) in [6.07, 6.45) is -3.36. The van der Waals surface area contributed by atoms with Gasteiger partial charge in [0.05, 0.1) is 17.2 Å². The molecule has 0 aliphatic heterocycles. The standard InChI is InChI=1S/C11H9F3O3/c12-11(13,14)8-4-1-6(10(15)16)5-9(8)17-7-2-3-7/h1,4-5,7H,2-3H2,(H,15,16). The van der Waals surface area contributed by atoms with Crippen molar-refractivity contribution < 1.29 is 27.8 Å². The first-order chi connectivity index (χ1) is 7.88. The average molecular weight is 246 g/mol. The van der Waals surface area contributed by atoms with E-state index < -0.39 is 23.5 Å². The number of benzene rings is 1. The SMILES string of the molecule is O=C(O)c1ccc(C(F)(F)F)c(OC2CC2)c1. The number of carbonyl (C=O) groups is 1. The van der Waals surface area contributed by atoms with Gasteiger partial charge in [0.1, 0.15) is 5.75 Å². The van der Waals surface area contributed by atoms with Crippen molar-refractivity contribution in [3.63, 3.8) is 0 Å². The van der Waals surface area contributed by atoms with Crippen LogP contribution in [-0.4, -0.2) is 17.2 Å². The number of carboxylic acids is 1. The lowest BCUT2D eigenvalue weighted by Gasteiger charge is -2.14. The molecule has 0 aromatic heterocycles. The molecule has 0 amide bonds. The van der Waals surface area contributed by atoms with Crippen LogP contribution in [0.2, 0.25) is 0 Å². The van der Waals surface area contributed by atoms with Gasteiger partial charge >= 0.3 is 12.1 Å². The van der Waals surface area contributed by atoms with Crippen LogP contribution >= 0.6 is 0 Å². The summed E-state index contributed by atoms with van der Waals surface area (Å²) in [4.78, 5) is 10.7. The van der Waals surface area contributed by atoms with E-state index in [1.807, 2.05) is 0 Å². The third-order valence-electron chi connectivity index (χ3n) is 2.35. The Balaban J connectivity index is 2.39. The summed E-state index contributed by atoms with van der Waals surface area (Å²) in [5.74, 6) is -1.68. The molecule has 1 aliphatic carbocycles. The molecule has 0 atom stereocenters. The highest BCUT2D eigenvalue weighted by molar-refractivity contribution is 5.88. The molecule has 0 spiro atoms. The summed E-state index contributed by atoms with van der Waals surface area (Å²) in [6.45, 7) is 0. The van der Waals surface area contributed by atoms with Gasteiger partial charge in [0, 0.05) is 0 Å². The van der Waals surface area contributed by atoms with Gasteiger partial charge in [-0.15, -0.1) is 0 Å². The molecule has 1 aliphatic rings. The third-order valence-corrected chi connectivity index (χ3v) is 2.35. The van der Waals surface area contributed by atoms with Gasteiger partial charge in [0.2, 0.25) is 0 Å². The third kappa shape index (κ3) is 2.69. The molecule has 1 saturated carbocycles. The van der Waals surface area contributed by atoms with Crippen molar-refractivity contribution >= 4 is 5.97 Å². The van der Waals surface area contributed by atoms with Crippen molar-refractivity contribution in [2.45, 2.75) is 25.1 Å². The fraction of sp³-hybridized carbons (Fsp3) is 0.364. The summed E-state index contributed by atoms with van der Waals surface area (Å²) in [5, 5.41) is 8.72. The summed E-state index contributed by atoms with van der Waals surface area (Å²) in [7, 11) is 0. The summed E-state index contributed by atoms with van der Waals surface area (Å²) >= 11 is 0. The molecule has 1 aromatic carbocycles. The van der Waals surface area contributed by atoms with Crippen molar-refractivity contribution in [1.82, 2.24) is 0 Å². The maximum Gasteiger partial charge on any atom is 0.419 e. The second kappa shape index (κ2) is 3.94. The Labute approximate surface area is 94.8 Å². The van der Waals surface area contributed by atoms with E-state index in [1.54, 1.807) is 0 Å². The topological polar surface area (TPSA) is 46.5 Å². The van der Waals surface area contributed by atoms with Gasteiger partial charge in [-0.3, -0.25) is 0 Å². The molecule has 17 heavy (non-hydrogen) atoms. The van der Waals surface area contributed by atoms with E-state index in [1.165, 1.54) is 0 Å². The van der Waals surface area contributed by atoms with Crippen LogP contribution in [0.15, 0.2) is 18.2 Å². The largest absolute Gasteiger partial charge is 0.490 e. The zero-order chi connectivity index (χ0) is 12.6. The minimum atomic E-state index is -4.54. The normalized spacial score (nSPS) is 15.7. The Kier molecular flexibility index (Phi) is 2.73. The molecule has 1 N–H and O–H groups in total. The lowest BCUT2D eigenvalue weighted by Crippen LogP contribution is -2.11. The number of rotatable bonds is 3. The van der Waals surface area contributed by atoms with Crippen LogP contribution in [0.5, 0.6) is 5.75 Å². The first kappa shape index (κ1) is 11.8. The second-order valence-electron chi connectivity index (χ2n) is 3.83. The van der Waals surface area contributed by atoms with Crippen molar-refractivity contribution in [2.75, 3.05) is 0 Å². The van der Waals surface area contributed by atoms with Crippen molar-refractivity contribution in [3.05, 3.63) is 29.3 Å². The quantitative estimate of drug-likeness (QED) is 0.891. The molecular weight excluding hydrogens is 237 g/mol. The Bertz CT molecular complexity index is 450. The predicted molar refractivity (Wildman–Crippen MR) is 52.1 cm³/mol. The molecule has 0 bridgehead atoms. The first-order valence-corrected chi connectivity index (χ1v) is 4.99. The number of alkyl halides is 3. The van der Waals surface area contributed by atoms with Gasteiger partial charge in [-0.25, -0.2) is 4.79 Å². The molecule has 0 saturated heterocycles. The molecule has 0 unspecified atom stereocenters. The average Bonchev–Trinajstić information content (AvgIpc) is 2.99. The van der Waals surface area contributed by atoms with E-state index in [0.717, 1.165) is 18.2 Å². The molecule has 92 valence electrons. The Morgan fingerprint density at radius 2 is 2.00 bits per heavy atom. The van der Waals surface area contributed by atoms with E-state index in [0.29, 0.717) is 12.8 Å². The Morgan fingerprint density at radius 1 is 1.35 bits per heavy atom. The van der Waals surface area contributed by atoms with E-state index in [9.17, 15) is 18.0 Å². The van der Waals surface area contributed by atoms with E-state index in [4.69, 9.17) is 9.84 Å². The number of hydrogen-bond acceptors (Lipinski definition) is 2. The maximum atomic E-state index is 12.6. The van der Waals surface area contributed by atoms with Crippen molar-refractivity contribution in [2.24, 2.45) is 0 Å². The molecular formula is C11H9F3O3. The molecule has 2 rings (SSSR count). The predicted octanol–water partition coefficient (Wildman–Crippen LogP) is 2.94. The number of hydrogen-bond donors (Lipinski definition) is 1. The minimum absolute atomic E-state index is 0.214. The smallest absolute Gasteiger partial charge is 0.419 e. The van der Waals surface area contributed by atoms with E-state index in [-0.39, 0.29) is 11.7 Å². The number of ether oxygens (including phenoxy) is 1. The van der Waals surface area contributed by atoms with Gasteiger partial charge < -0.3 is 9.84 Å². The number of halogens is 3. The summed E-state index contributed by atoms with van der Waals surface area (Å²) < 4.78 is 43.0. The Hall–Kier alpha value is -1.72. The zero-order valence-electron chi connectivity index (χ0n) is 8.62. The highest BCUT2D eigenvalue weighted by Crippen LogP contribution is 2.39. The monoisotopic (exact) mass is 246 g/mol. The van der Waals surface area contributed by atoms with Crippen LogP contribution < -0.4 is 4.74 Å². The summed E-state index contributed by atoms with van der Waals surface area (Å²) in [5.41, 5.74) is -1.15. The fourth-order valence-corrected chi connectivity index (χ4v) is 1.35.